The molecule has 0 saturated heterocycles. The van der Waals surface area contributed by atoms with Crippen molar-refractivity contribution in [2.45, 2.75) is 25.7 Å². The number of hydrogen-bond acceptors (Lipinski definition) is 10. The fourth-order valence-corrected chi connectivity index (χ4v) is 3.60. The predicted octanol–water partition coefficient (Wildman–Crippen LogP) is 3.04. The third kappa shape index (κ3) is 10.2. The van der Waals surface area contributed by atoms with Gasteiger partial charge >= 0.3 is 11.9 Å². The van der Waals surface area contributed by atoms with Crippen LogP contribution in [0.3, 0.4) is 0 Å². The first kappa shape index (κ1) is 30.4. The van der Waals surface area contributed by atoms with Gasteiger partial charge in [-0.1, -0.05) is 0 Å². The van der Waals surface area contributed by atoms with E-state index >= 15 is 0 Å². The first-order valence-corrected chi connectivity index (χ1v) is 12.8. The Labute approximate surface area is 230 Å². The second-order valence-corrected chi connectivity index (χ2v) is 8.58. The summed E-state index contributed by atoms with van der Waals surface area (Å²) in [5.41, 5.74) is 0.626. The topological polar surface area (TPSA) is 164 Å². The van der Waals surface area contributed by atoms with Crippen molar-refractivity contribution in [3.05, 3.63) is 47.5 Å². The van der Waals surface area contributed by atoms with E-state index in [0.29, 0.717) is 34.1 Å². The molecule has 216 valence electrons. The summed E-state index contributed by atoms with van der Waals surface area (Å²) in [6, 6.07) is 9.34. The normalized spacial score (nSPS) is 14.8. The van der Waals surface area contributed by atoms with E-state index in [2.05, 4.69) is 0 Å². The number of aliphatic carboxylic acids is 2. The van der Waals surface area contributed by atoms with Crippen LogP contribution in [0.1, 0.15) is 46.4 Å². The van der Waals surface area contributed by atoms with E-state index in [1.165, 1.54) is 12.1 Å². The van der Waals surface area contributed by atoms with E-state index in [0.717, 1.165) is 0 Å². The van der Waals surface area contributed by atoms with Crippen LogP contribution in [0.5, 0.6) is 23.0 Å². The lowest BCUT2D eigenvalue weighted by Gasteiger charge is -2.16. The lowest BCUT2D eigenvalue weighted by atomic mass is 10.1. The van der Waals surface area contributed by atoms with Gasteiger partial charge in [-0.25, -0.2) is 0 Å². The fourth-order valence-electron chi connectivity index (χ4n) is 3.60. The standard InChI is InChI=1S/C28H32O12/c29-21(3-7-27(31)32)19-1-5-23-25(17-19)39-15-11-36-12-16-40-26-18-20(22(30)4-8-28(33)34)2-6-24(26)38-14-10-35-9-13-37-23/h1-2,5-6,17-18H,3-4,7-16H2,(H,31,32)(H,33,34). The molecular formula is C28H32O12. The predicted molar refractivity (Wildman–Crippen MR) is 139 cm³/mol. The Bertz CT molecular complexity index is 1090. The summed E-state index contributed by atoms with van der Waals surface area (Å²) < 4.78 is 34.3. The van der Waals surface area contributed by atoms with Crippen molar-refractivity contribution in [3.8, 4) is 23.0 Å². The molecule has 0 amide bonds. The van der Waals surface area contributed by atoms with Crippen molar-refractivity contribution in [2.24, 2.45) is 0 Å². The van der Waals surface area contributed by atoms with Gasteiger partial charge in [0.05, 0.1) is 39.3 Å². The number of carboxylic acids is 2. The largest absolute Gasteiger partial charge is 0.487 e. The maximum absolute atomic E-state index is 12.4. The van der Waals surface area contributed by atoms with E-state index in [1.807, 2.05) is 0 Å². The van der Waals surface area contributed by atoms with Gasteiger partial charge in [-0.05, 0) is 36.4 Å². The molecule has 2 aromatic rings. The van der Waals surface area contributed by atoms with Crippen molar-refractivity contribution in [2.75, 3.05) is 52.9 Å². The Kier molecular flexibility index (Phi) is 12.2. The first-order chi connectivity index (χ1) is 19.3. The lowest BCUT2D eigenvalue weighted by Crippen LogP contribution is -2.16. The third-order valence-electron chi connectivity index (χ3n) is 5.60. The van der Waals surface area contributed by atoms with Crippen LogP contribution in [0.15, 0.2) is 36.4 Å². The molecule has 12 nitrogen and oxygen atoms in total. The molecule has 0 unspecified atom stereocenters. The SMILES string of the molecule is O=C(O)CCC(=O)c1ccc2c(c1)OCCOCCOc1cc(C(=O)CCC(=O)O)ccc1OCCOCCO2. The highest BCUT2D eigenvalue weighted by molar-refractivity contribution is 5.98. The minimum absolute atomic E-state index is 0.130. The van der Waals surface area contributed by atoms with Crippen molar-refractivity contribution in [1.82, 2.24) is 0 Å². The van der Waals surface area contributed by atoms with Crippen molar-refractivity contribution < 1.29 is 57.8 Å². The molecule has 0 spiro atoms. The van der Waals surface area contributed by atoms with Crippen LogP contribution in [0.25, 0.3) is 0 Å². The number of Topliss-reactive ketones (excluding diaryl/α,β-unsaturated/α-hetero) is 2. The van der Waals surface area contributed by atoms with Crippen LogP contribution in [0, 0.1) is 0 Å². The minimum atomic E-state index is -1.05. The van der Waals surface area contributed by atoms with E-state index in [4.69, 9.17) is 38.6 Å². The second kappa shape index (κ2) is 16.1. The molecule has 0 fully saturated rings. The molecule has 0 atom stereocenters. The molecule has 2 aromatic carbocycles. The fraction of sp³-hybridized carbons (Fsp3) is 0.429. The number of rotatable bonds is 8. The van der Waals surface area contributed by atoms with Gasteiger partial charge in [0.2, 0.25) is 0 Å². The van der Waals surface area contributed by atoms with Crippen molar-refractivity contribution in [1.29, 1.82) is 0 Å². The summed E-state index contributed by atoms with van der Waals surface area (Å²) in [6.07, 6.45) is -0.793. The average molecular weight is 561 g/mol. The zero-order chi connectivity index (χ0) is 28.7. The summed E-state index contributed by atoms with van der Waals surface area (Å²) in [6.45, 7) is 1.54. The van der Waals surface area contributed by atoms with Crippen LogP contribution in [0.2, 0.25) is 0 Å². The molecule has 0 saturated carbocycles. The summed E-state index contributed by atoms with van der Waals surface area (Å²) in [4.78, 5) is 46.3. The van der Waals surface area contributed by atoms with Gasteiger partial charge in [0.15, 0.2) is 34.6 Å². The molecule has 0 aromatic heterocycles. The molecule has 1 aliphatic rings. The van der Waals surface area contributed by atoms with Gasteiger partial charge in [0, 0.05) is 24.0 Å². The third-order valence-corrected chi connectivity index (χ3v) is 5.60. The van der Waals surface area contributed by atoms with Crippen LogP contribution in [-0.2, 0) is 19.1 Å². The molecule has 0 bridgehead atoms. The molecule has 0 radical (unpaired) electrons. The minimum Gasteiger partial charge on any atom is -0.487 e. The smallest absolute Gasteiger partial charge is 0.303 e. The van der Waals surface area contributed by atoms with Gasteiger partial charge in [-0.3, -0.25) is 19.2 Å². The van der Waals surface area contributed by atoms with Crippen LogP contribution in [0.4, 0.5) is 0 Å². The highest BCUT2D eigenvalue weighted by Crippen LogP contribution is 2.30. The maximum atomic E-state index is 12.4. The molecule has 12 heteroatoms. The van der Waals surface area contributed by atoms with Crippen molar-refractivity contribution >= 4 is 23.5 Å². The first-order valence-electron chi connectivity index (χ1n) is 12.8. The Morgan fingerprint density at radius 3 is 1.20 bits per heavy atom. The zero-order valence-corrected chi connectivity index (χ0v) is 21.9. The molecule has 1 aliphatic heterocycles. The molecule has 2 N–H and O–H groups in total. The number of fused-ring (bicyclic) bond motifs is 2. The molecule has 3 rings (SSSR count). The number of carbonyl (C=O) groups is 4. The quantitative estimate of drug-likeness (QED) is 0.454. The number of carbonyl (C=O) groups excluding carboxylic acids is 2. The monoisotopic (exact) mass is 560 g/mol. The number of ether oxygens (including phenoxy) is 6. The van der Waals surface area contributed by atoms with Gasteiger partial charge in [-0.15, -0.1) is 0 Å². The highest BCUT2D eigenvalue weighted by Gasteiger charge is 2.15. The van der Waals surface area contributed by atoms with Gasteiger partial charge in [-0.2, -0.15) is 0 Å². The highest BCUT2D eigenvalue weighted by atomic mass is 16.6. The van der Waals surface area contributed by atoms with E-state index < -0.39 is 11.9 Å². The molecule has 0 aliphatic carbocycles. The summed E-state index contributed by atoms with van der Waals surface area (Å²) in [5.74, 6) is -1.30. The average Bonchev–Trinajstić information content (AvgIpc) is 2.93. The molecule has 40 heavy (non-hydrogen) atoms. The summed E-state index contributed by atoms with van der Waals surface area (Å²) >= 11 is 0. The van der Waals surface area contributed by atoms with E-state index in [-0.39, 0.29) is 90.1 Å². The lowest BCUT2D eigenvalue weighted by molar-refractivity contribution is -0.137. The number of carboxylic acid groups (broad SMARTS) is 2. The number of hydrogen-bond donors (Lipinski definition) is 2. The zero-order valence-electron chi connectivity index (χ0n) is 21.9. The van der Waals surface area contributed by atoms with Crippen LogP contribution < -0.4 is 18.9 Å². The van der Waals surface area contributed by atoms with Gasteiger partial charge in [0.1, 0.15) is 26.4 Å². The summed E-state index contributed by atoms with van der Waals surface area (Å²) in [7, 11) is 0. The number of ketones is 2. The Balaban J connectivity index is 1.63. The van der Waals surface area contributed by atoms with E-state index in [1.54, 1.807) is 24.3 Å². The van der Waals surface area contributed by atoms with Gasteiger partial charge < -0.3 is 38.6 Å². The second-order valence-electron chi connectivity index (χ2n) is 8.58. The molecule has 1 heterocycles. The van der Waals surface area contributed by atoms with E-state index in [9.17, 15) is 19.2 Å². The maximum Gasteiger partial charge on any atom is 0.303 e. The molecular weight excluding hydrogens is 528 g/mol. The Morgan fingerprint density at radius 1 is 0.500 bits per heavy atom. The summed E-state index contributed by atoms with van der Waals surface area (Å²) in [5, 5.41) is 17.7. The van der Waals surface area contributed by atoms with Crippen molar-refractivity contribution in [3.63, 3.8) is 0 Å². The van der Waals surface area contributed by atoms with Crippen LogP contribution in [-0.4, -0.2) is 86.6 Å². The van der Waals surface area contributed by atoms with Gasteiger partial charge in [0.25, 0.3) is 0 Å². The number of benzene rings is 2. The Hall–Kier alpha value is -4.16. The van der Waals surface area contributed by atoms with Crippen LogP contribution >= 0.6 is 0 Å². The Morgan fingerprint density at radius 2 is 0.850 bits per heavy atom.